The Kier molecular flexibility index (Phi) is 5.48. The number of aromatic nitrogens is 2. The molecule has 3 rings (SSSR count). The van der Waals surface area contributed by atoms with Crippen LogP contribution >= 0.6 is 0 Å². The lowest BCUT2D eigenvalue weighted by Gasteiger charge is -2.36. The topological polar surface area (TPSA) is 52.6 Å². The molecule has 6 nitrogen and oxygen atoms in total. The van der Waals surface area contributed by atoms with Gasteiger partial charge in [0.05, 0.1) is 0 Å². The maximum Gasteiger partial charge on any atom is 0.272 e. The fraction of sp³-hybridized carbons (Fsp3) is 0.421. The van der Waals surface area contributed by atoms with Crippen LogP contribution in [0.25, 0.3) is 0 Å². The van der Waals surface area contributed by atoms with Gasteiger partial charge in [0.2, 0.25) is 0 Å². The van der Waals surface area contributed by atoms with Gasteiger partial charge in [-0.05, 0) is 26.0 Å². The summed E-state index contributed by atoms with van der Waals surface area (Å²) in [5.41, 5.74) is 1.69. The van der Waals surface area contributed by atoms with Crippen molar-refractivity contribution < 1.29 is 4.79 Å². The van der Waals surface area contributed by atoms with E-state index in [0.29, 0.717) is 18.8 Å². The molecule has 0 aliphatic carbocycles. The molecule has 1 aliphatic heterocycles. The maximum absolute atomic E-state index is 12.8. The lowest BCUT2D eigenvalue weighted by molar-refractivity contribution is 0.0740. The molecule has 0 N–H and O–H groups in total. The van der Waals surface area contributed by atoms with E-state index in [2.05, 4.69) is 45.7 Å². The molecule has 1 aliphatic rings. The normalized spacial score (nSPS) is 14.5. The Balaban J connectivity index is 1.66. The van der Waals surface area contributed by atoms with Crippen LogP contribution in [-0.4, -0.2) is 60.0 Å². The number of amides is 1. The molecule has 1 aromatic heterocycles. The van der Waals surface area contributed by atoms with Crippen molar-refractivity contribution in [3.8, 4) is 0 Å². The van der Waals surface area contributed by atoms with E-state index in [0.717, 1.165) is 32.0 Å². The Labute approximate surface area is 149 Å². The molecule has 1 amide bonds. The zero-order chi connectivity index (χ0) is 17.6. The van der Waals surface area contributed by atoms with E-state index in [1.165, 1.54) is 12.0 Å². The van der Waals surface area contributed by atoms with Crippen molar-refractivity contribution in [2.45, 2.75) is 13.8 Å². The monoisotopic (exact) mass is 339 g/mol. The summed E-state index contributed by atoms with van der Waals surface area (Å²) >= 11 is 0. The number of piperazine rings is 1. The second kappa shape index (κ2) is 7.96. The summed E-state index contributed by atoms with van der Waals surface area (Å²) in [4.78, 5) is 27.6. The number of carbonyl (C=O) groups excluding carboxylic acids is 1. The van der Waals surface area contributed by atoms with Gasteiger partial charge in [-0.2, -0.15) is 0 Å². The lowest BCUT2D eigenvalue weighted by atomic mass is 10.2. The summed E-state index contributed by atoms with van der Waals surface area (Å²) < 4.78 is 0. The van der Waals surface area contributed by atoms with Crippen molar-refractivity contribution in [2.24, 2.45) is 0 Å². The standard InChI is InChI=1S/C19H25N5O/c1-3-22(4-2)18-14-17(20-15-21-18)19(25)24-12-10-23(11-13-24)16-8-6-5-7-9-16/h5-9,14-15H,3-4,10-13H2,1-2H3. The summed E-state index contributed by atoms with van der Waals surface area (Å²) in [5, 5.41) is 0. The first kappa shape index (κ1) is 17.2. The molecule has 0 spiro atoms. The van der Waals surface area contributed by atoms with Crippen LogP contribution < -0.4 is 9.80 Å². The third-order valence-electron chi connectivity index (χ3n) is 4.65. The predicted molar refractivity (Wildman–Crippen MR) is 100 cm³/mol. The number of carbonyl (C=O) groups is 1. The molecule has 0 saturated carbocycles. The van der Waals surface area contributed by atoms with Crippen molar-refractivity contribution in [2.75, 3.05) is 49.1 Å². The van der Waals surface area contributed by atoms with Gasteiger partial charge >= 0.3 is 0 Å². The zero-order valence-corrected chi connectivity index (χ0v) is 14.9. The summed E-state index contributed by atoms with van der Waals surface area (Å²) in [6, 6.07) is 12.1. The van der Waals surface area contributed by atoms with Crippen LogP contribution in [0.1, 0.15) is 24.3 Å². The van der Waals surface area contributed by atoms with Crippen LogP contribution in [0.4, 0.5) is 11.5 Å². The average molecular weight is 339 g/mol. The molecule has 2 aromatic rings. The second-order valence-electron chi connectivity index (χ2n) is 6.05. The van der Waals surface area contributed by atoms with E-state index in [4.69, 9.17) is 0 Å². The van der Waals surface area contributed by atoms with Crippen LogP contribution in [-0.2, 0) is 0 Å². The number of rotatable bonds is 5. The third kappa shape index (κ3) is 3.90. The van der Waals surface area contributed by atoms with Gasteiger partial charge in [0.15, 0.2) is 0 Å². The van der Waals surface area contributed by atoms with Gasteiger partial charge in [-0.25, -0.2) is 9.97 Å². The SMILES string of the molecule is CCN(CC)c1cc(C(=O)N2CCN(c3ccccc3)CC2)ncn1. The highest BCUT2D eigenvalue weighted by Gasteiger charge is 2.23. The molecule has 25 heavy (non-hydrogen) atoms. The van der Waals surface area contributed by atoms with Gasteiger partial charge in [-0.1, -0.05) is 18.2 Å². The van der Waals surface area contributed by atoms with Gasteiger partial charge in [-0.15, -0.1) is 0 Å². The van der Waals surface area contributed by atoms with Gasteiger partial charge in [0.25, 0.3) is 5.91 Å². The number of anilines is 2. The highest BCUT2D eigenvalue weighted by Crippen LogP contribution is 2.17. The van der Waals surface area contributed by atoms with E-state index >= 15 is 0 Å². The van der Waals surface area contributed by atoms with Crippen LogP contribution in [0.15, 0.2) is 42.7 Å². The number of benzene rings is 1. The fourth-order valence-corrected chi connectivity index (χ4v) is 3.15. The quantitative estimate of drug-likeness (QED) is 0.836. The van der Waals surface area contributed by atoms with Crippen LogP contribution in [0.3, 0.4) is 0 Å². The van der Waals surface area contributed by atoms with Crippen LogP contribution in [0.2, 0.25) is 0 Å². The van der Waals surface area contributed by atoms with Gasteiger partial charge in [0, 0.05) is 51.0 Å². The van der Waals surface area contributed by atoms with E-state index in [1.807, 2.05) is 23.1 Å². The van der Waals surface area contributed by atoms with Gasteiger partial charge in [-0.3, -0.25) is 4.79 Å². The second-order valence-corrected chi connectivity index (χ2v) is 6.05. The highest BCUT2D eigenvalue weighted by atomic mass is 16.2. The lowest BCUT2D eigenvalue weighted by Crippen LogP contribution is -2.49. The molecule has 1 saturated heterocycles. The molecule has 2 heterocycles. The first-order valence-electron chi connectivity index (χ1n) is 8.89. The summed E-state index contributed by atoms with van der Waals surface area (Å²) in [6.07, 6.45) is 1.49. The Morgan fingerprint density at radius 2 is 1.72 bits per heavy atom. The van der Waals surface area contributed by atoms with Crippen LogP contribution in [0.5, 0.6) is 0 Å². The zero-order valence-electron chi connectivity index (χ0n) is 14.9. The maximum atomic E-state index is 12.8. The van der Waals surface area contributed by atoms with E-state index in [9.17, 15) is 4.79 Å². The minimum absolute atomic E-state index is 0.0106. The molecule has 0 unspecified atom stereocenters. The number of hydrogen-bond donors (Lipinski definition) is 0. The molecule has 6 heteroatoms. The van der Waals surface area contributed by atoms with Crippen molar-refractivity contribution in [1.82, 2.24) is 14.9 Å². The van der Waals surface area contributed by atoms with E-state index in [-0.39, 0.29) is 5.91 Å². The molecule has 0 radical (unpaired) electrons. The van der Waals surface area contributed by atoms with Crippen molar-refractivity contribution >= 4 is 17.4 Å². The Hall–Kier alpha value is -2.63. The fourth-order valence-electron chi connectivity index (χ4n) is 3.15. The van der Waals surface area contributed by atoms with Gasteiger partial charge < -0.3 is 14.7 Å². The number of para-hydroxylation sites is 1. The molecule has 1 fully saturated rings. The molecule has 132 valence electrons. The Bertz CT molecular complexity index is 694. The predicted octanol–water partition coefficient (Wildman–Crippen LogP) is 2.29. The summed E-state index contributed by atoms with van der Waals surface area (Å²) in [7, 11) is 0. The van der Waals surface area contributed by atoms with Crippen molar-refractivity contribution in [3.05, 3.63) is 48.4 Å². The minimum Gasteiger partial charge on any atom is -0.368 e. The number of nitrogens with zero attached hydrogens (tertiary/aromatic N) is 5. The van der Waals surface area contributed by atoms with Gasteiger partial charge in [0.1, 0.15) is 17.8 Å². The third-order valence-corrected chi connectivity index (χ3v) is 4.65. The molecule has 0 bridgehead atoms. The van der Waals surface area contributed by atoms with Crippen molar-refractivity contribution in [1.29, 1.82) is 0 Å². The largest absolute Gasteiger partial charge is 0.368 e. The summed E-state index contributed by atoms with van der Waals surface area (Å²) in [5.74, 6) is 0.801. The Morgan fingerprint density at radius 1 is 1.04 bits per heavy atom. The minimum atomic E-state index is -0.0106. The number of hydrogen-bond acceptors (Lipinski definition) is 5. The van der Waals surface area contributed by atoms with Crippen LogP contribution in [0, 0.1) is 0 Å². The highest BCUT2D eigenvalue weighted by molar-refractivity contribution is 5.93. The van der Waals surface area contributed by atoms with E-state index in [1.54, 1.807) is 6.07 Å². The van der Waals surface area contributed by atoms with Crippen molar-refractivity contribution in [3.63, 3.8) is 0 Å². The first-order valence-corrected chi connectivity index (χ1v) is 8.89. The smallest absolute Gasteiger partial charge is 0.272 e. The first-order chi connectivity index (χ1) is 12.2. The molecule has 0 atom stereocenters. The molecule has 1 aromatic carbocycles. The van der Waals surface area contributed by atoms with E-state index < -0.39 is 0 Å². The Morgan fingerprint density at radius 3 is 2.36 bits per heavy atom. The summed E-state index contributed by atoms with van der Waals surface area (Å²) in [6.45, 7) is 8.96. The molecular formula is C19H25N5O. The molecular weight excluding hydrogens is 314 g/mol. The average Bonchev–Trinajstić information content (AvgIpc) is 2.69.